The largest absolute Gasteiger partial charge is 0.356 e. The fourth-order valence-electron chi connectivity index (χ4n) is 3.55. The molecule has 1 fully saturated rings. The van der Waals surface area contributed by atoms with Gasteiger partial charge in [-0.3, -0.25) is 0 Å². The first-order chi connectivity index (χ1) is 12.4. The lowest BCUT2D eigenvalue weighted by molar-refractivity contribution is -0.256. The molecule has 0 N–H and O–H groups in total. The van der Waals surface area contributed by atoms with Crippen molar-refractivity contribution >= 4 is 0 Å². The number of hydrogen-bond acceptors (Lipinski definition) is 2. The van der Waals surface area contributed by atoms with Crippen LogP contribution in [0.5, 0.6) is 0 Å². The van der Waals surface area contributed by atoms with Crippen LogP contribution < -0.4 is 0 Å². The van der Waals surface area contributed by atoms with Crippen LogP contribution in [0.4, 0.5) is 13.2 Å². The van der Waals surface area contributed by atoms with Crippen molar-refractivity contribution in [2.45, 2.75) is 64.6 Å². The van der Waals surface area contributed by atoms with Gasteiger partial charge < -0.3 is 4.74 Å². The minimum atomic E-state index is -3.22. The number of nitrogens with zero attached hydrogens (tertiary/aromatic N) is 1. The lowest BCUT2D eigenvalue weighted by Crippen LogP contribution is -2.27. The van der Waals surface area contributed by atoms with Gasteiger partial charge in [0.15, 0.2) is 0 Å². The molecule has 1 saturated carbocycles. The second kappa shape index (κ2) is 9.78. The second-order valence-electron chi connectivity index (χ2n) is 7.09. The molecule has 0 aromatic heterocycles. The predicted molar refractivity (Wildman–Crippen MR) is 95.0 cm³/mol. The Kier molecular flexibility index (Phi) is 7.71. The quantitative estimate of drug-likeness (QED) is 0.502. The highest BCUT2D eigenvalue weighted by Gasteiger charge is 2.35. The van der Waals surface area contributed by atoms with E-state index in [0.717, 1.165) is 44.6 Å². The summed E-state index contributed by atoms with van der Waals surface area (Å²) in [5.74, 6) is -0.104. The van der Waals surface area contributed by atoms with Gasteiger partial charge in [0, 0.05) is 6.42 Å². The van der Waals surface area contributed by atoms with Crippen molar-refractivity contribution in [3.8, 4) is 6.07 Å². The van der Waals surface area contributed by atoms with Gasteiger partial charge in [-0.05, 0) is 62.1 Å². The summed E-state index contributed by atoms with van der Waals surface area (Å²) >= 11 is 0. The molecule has 1 aromatic rings. The van der Waals surface area contributed by atoms with Crippen molar-refractivity contribution < 1.29 is 17.9 Å². The monoisotopic (exact) mass is 365 g/mol. The molecule has 5 heteroatoms. The van der Waals surface area contributed by atoms with E-state index in [0.29, 0.717) is 11.5 Å². The summed E-state index contributed by atoms with van der Waals surface area (Å²) in [7, 11) is 0. The molecule has 0 unspecified atom stereocenters. The first kappa shape index (κ1) is 20.5. The third-order valence-electron chi connectivity index (χ3n) is 5.07. The van der Waals surface area contributed by atoms with Gasteiger partial charge in [0.1, 0.15) is 11.9 Å². The van der Waals surface area contributed by atoms with E-state index in [1.54, 1.807) is 6.07 Å². The lowest BCUT2D eigenvalue weighted by Gasteiger charge is -2.30. The molecule has 0 aliphatic heterocycles. The number of rotatable bonds is 8. The Hall–Kier alpha value is -1.80. The van der Waals surface area contributed by atoms with Crippen LogP contribution in [0.3, 0.4) is 0 Å². The van der Waals surface area contributed by atoms with E-state index in [2.05, 4.69) is 6.08 Å². The highest BCUT2D eigenvalue weighted by molar-refractivity contribution is 5.33. The number of ether oxygens (including phenoxy) is 1. The SMILES string of the molecule is CC=CCC[C@H]1CC[C@H](CC(F)(F)OCc2ccc(C#N)c(F)c2)CC1. The van der Waals surface area contributed by atoms with Crippen molar-refractivity contribution in [3.05, 3.63) is 47.3 Å². The van der Waals surface area contributed by atoms with Gasteiger partial charge >= 0.3 is 6.11 Å². The zero-order valence-corrected chi connectivity index (χ0v) is 15.2. The number of allylic oxidation sites excluding steroid dienone is 2. The Morgan fingerprint density at radius 2 is 1.92 bits per heavy atom. The minimum Gasteiger partial charge on any atom is -0.316 e. The fraction of sp³-hybridized carbons (Fsp3) is 0.571. The van der Waals surface area contributed by atoms with Gasteiger partial charge in [0.2, 0.25) is 0 Å². The molecule has 0 spiro atoms. The number of halogens is 3. The zero-order chi connectivity index (χ0) is 19.0. The van der Waals surface area contributed by atoms with E-state index in [1.807, 2.05) is 13.0 Å². The van der Waals surface area contributed by atoms with Crippen LogP contribution in [0.1, 0.15) is 63.0 Å². The van der Waals surface area contributed by atoms with Crippen molar-refractivity contribution in [1.82, 2.24) is 0 Å². The highest BCUT2D eigenvalue weighted by atomic mass is 19.3. The van der Waals surface area contributed by atoms with Gasteiger partial charge in [-0.15, -0.1) is 0 Å². The molecule has 0 bridgehead atoms. The number of alkyl halides is 2. The average Bonchev–Trinajstić information content (AvgIpc) is 2.62. The van der Waals surface area contributed by atoms with Crippen molar-refractivity contribution in [2.75, 3.05) is 0 Å². The molecule has 0 heterocycles. The van der Waals surface area contributed by atoms with Crippen LogP contribution in [0, 0.1) is 29.0 Å². The first-order valence-electron chi connectivity index (χ1n) is 9.25. The Labute approximate surface area is 153 Å². The Morgan fingerprint density at radius 1 is 1.23 bits per heavy atom. The Morgan fingerprint density at radius 3 is 2.54 bits per heavy atom. The van der Waals surface area contributed by atoms with Crippen LogP contribution in [0.25, 0.3) is 0 Å². The maximum absolute atomic E-state index is 14.1. The van der Waals surface area contributed by atoms with E-state index in [4.69, 9.17) is 10.00 Å². The van der Waals surface area contributed by atoms with E-state index < -0.39 is 11.9 Å². The number of hydrogen-bond donors (Lipinski definition) is 0. The molecule has 1 aliphatic carbocycles. The lowest BCUT2D eigenvalue weighted by atomic mass is 9.78. The fourth-order valence-corrected chi connectivity index (χ4v) is 3.55. The molecule has 0 amide bonds. The number of nitriles is 1. The van der Waals surface area contributed by atoms with Crippen LogP contribution in [0.15, 0.2) is 30.4 Å². The summed E-state index contributed by atoms with van der Waals surface area (Å²) < 4.78 is 46.5. The van der Waals surface area contributed by atoms with Gasteiger partial charge in [-0.1, -0.05) is 31.1 Å². The minimum absolute atomic E-state index is 0.0272. The second-order valence-corrected chi connectivity index (χ2v) is 7.09. The summed E-state index contributed by atoms with van der Waals surface area (Å²) in [4.78, 5) is 0. The molecule has 0 saturated heterocycles. The van der Waals surface area contributed by atoms with Gasteiger partial charge in [0.05, 0.1) is 12.2 Å². The summed E-state index contributed by atoms with van der Waals surface area (Å²) in [6.07, 6.45) is 6.51. The smallest absolute Gasteiger partial charge is 0.316 e. The summed E-state index contributed by atoms with van der Waals surface area (Å²) in [5.41, 5.74) is 0.195. The molecule has 142 valence electrons. The molecule has 2 rings (SSSR count). The number of benzene rings is 1. The molecule has 1 aromatic carbocycles. The van der Waals surface area contributed by atoms with Crippen molar-refractivity contribution in [3.63, 3.8) is 0 Å². The van der Waals surface area contributed by atoms with Crippen molar-refractivity contribution in [2.24, 2.45) is 11.8 Å². The highest BCUT2D eigenvalue weighted by Crippen LogP contribution is 2.38. The molecule has 1 aliphatic rings. The van der Waals surface area contributed by atoms with E-state index in [1.165, 1.54) is 12.1 Å². The third kappa shape index (κ3) is 6.49. The third-order valence-corrected chi connectivity index (χ3v) is 5.07. The summed E-state index contributed by atoms with van der Waals surface area (Å²) in [6.45, 7) is 1.64. The topological polar surface area (TPSA) is 33.0 Å². The van der Waals surface area contributed by atoms with Gasteiger partial charge in [-0.25, -0.2) is 4.39 Å². The van der Waals surface area contributed by atoms with Gasteiger partial charge in [0.25, 0.3) is 0 Å². The maximum atomic E-state index is 14.1. The standard InChI is InChI=1S/C21H26F3NO/c1-2-3-4-5-16-6-8-17(9-7-16)13-21(23,24)26-15-18-10-11-19(14-25)20(22)12-18/h2-3,10-12,16-17H,4-9,13,15H2,1H3/t16-,17-. The van der Waals surface area contributed by atoms with E-state index >= 15 is 0 Å². The molecule has 2 nitrogen and oxygen atoms in total. The van der Waals surface area contributed by atoms with Crippen LogP contribution in [-0.4, -0.2) is 6.11 Å². The van der Waals surface area contributed by atoms with Crippen LogP contribution >= 0.6 is 0 Å². The molecule has 0 atom stereocenters. The molecule has 0 radical (unpaired) electrons. The Balaban J connectivity index is 1.77. The normalized spacial score (nSPS) is 21.0. The van der Waals surface area contributed by atoms with Gasteiger partial charge in [-0.2, -0.15) is 14.0 Å². The maximum Gasteiger partial charge on any atom is 0.356 e. The van der Waals surface area contributed by atoms with Crippen molar-refractivity contribution in [1.29, 1.82) is 5.26 Å². The summed E-state index contributed by atoms with van der Waals surface area (Å²) in [5, 5.41) is 8.69. The molecular weight excluding hydrogens is 339 g/mol. The zero-order valence-electron chi connectivity index (χ0n) is 15.2. The average molecular weight is 365 g/mol. The Bertz CT molecular complexity index is 643. The molecule has 26 heavy (non-hydrogen) atoms. The van der Waals surface area contributed by atoms with E-state index in [-0.39, 0.29) is 24.5 Å². The van der Waals surface area contributed by atoms with Crippen LogP contribution in [0.2, 0.25) is 0 Å². The summed E-state index contributed by atoms with van der Waals surface area (Å²) in [6, 6.07) is 5.49. The van der Waals surface area contributed by atoms with E-state index in [9.17, 15) is 13.2 Å². The predicted octanol–water partition coefficient (Wildman–Crippen LogP) is 6.36. The first-order valence-corrected chi connectivity index (χ1v) is 9.25. The van der Waals surface area contributed by atoms with Crippen LogP contribution in [-0.2, 0) is 11.3 Å². The molecular formula is C21H26F3NO.